The van der Waals surface area contributed by atoms with Crippen molar-refractivity contribution in [2.75, 3.05) is 0 Å². The van der Waals surface area contributed by atoms with Gasteiger partial charge in [0.15, 0.2) is 5.78 Å². The molecular formula is C17H27NO2. The van der Waals surface area contributed by atoms with E-state index >= 15 is 0 Å². The SMILES string of the molecule is CC(C)CCC(=O)NCc1ccc(C(=O)C(C)C)cc1.[HH]. The van der Waals surface area contributed by atoms with Crippen molar-refractivity contribution in [1.29, 1.82) is 0 Å². The number of Topliss-reactive ketones (excluding diaryl/α,β-unsaturated/α-hetero) is 1. The quantitative estimate of drug-likeness (QED) is 0.770. The van der Waals surface area contributed by atoms with Gasteiger partial charge in [-0.05, 0) is 17.9 Å². The topological polar surface area (TPSA) is 46.2 Å². The Bertz CT molecular complexity index is 452. The molecule has 1 aromatic rings. The minimum atomic E-state index is 0. The Balaban J connectivity index is 0.00000400. The molecule has 112 valence electrons. The molecule has 0 fully saturated rings. The predicted molar refractivity (Wildman–Crippen MR) is 83.6 cm³/mol. The van der Waals surface area contributed by atoms with Gasteiger partial charge in [0.1, 0.15) is 0 Å². The first kappa shape index (κ1) is 16.4. The van der Waals surface area contributed by atoms with Gasteiger partial charge in [0.05, 0.1) is 0 Å². The molecule has 0 spiro atoms. The molecule has 0 aliphatic rings. The van der Waals surface area contributed by atoms with Crippen molar-refractivity contribution in [3.63, 3.8) is 0 Å². The Morgan fingerprint density at radius 1 is 1.10 bits per heavy atom. The van der Waals surface area contributed by atoms with Crippen LogP contribution < -0.4 is 5.32 Å². The predicted octanol–water partition coefficient (Wildman–Crippen LogP) is 3.82. The number of amides is 1. The van der Waals surface area contributed by atoms with E-state index in [2.05, 4.69) is 19.2 Å². The minimum Gasteiger partial charge on any atom is -0.352 e. The summed E-state index contributed by atoms with van der Waals surface area (Å²) >= 11 is 0. The molecule has 0 saturated carbocycles. The van der Waals surface area contributed by atoms with Crippen LogP contribution in [-0.4, -0.2) is 11.7 Å². The Hall–Kier alpha value is -1.64. The van der Waals surface area contributed by atoms with Gasteiger partial charge >= 0.3 is 0 Å². The van der Waals surface area contributed by atoms with Crippen molar-refractivity contribution < 1.29 is 11.0 Å². The van der Waals surface area contributed by atoms with Crippen LogP contribution in [0.15, 0.2) is 24.3 Å². The van der Waals surface area contributed by atoms with Crippen molar-refractivity contribution in [2.45, 2.75) is 47.1 Å². The first-order valence-corrected chi connectivity index (χ1v) is 7.30. The highest BCUT2D eigenvalue weighted by molar-refractivity contribution is 5.97. The van der Waals surface area contributed by atoms with Gasteiger partial charge in [-0.15, -0.1) is 0 Å². The Morgan fingerprint density at radius 2 is 1.70 bits per heavy atom. The number of hydrogen-bond donors (Lipinski definition) is 1. The Morgan fingerprint density at radius 3 is 2.20 bits per heavy atom. The molecule has 3 nitrogen and oxygen atoms in total. The standard InChI is InChI=1S/C17H25NO2.H2/c1-12(2)5-10-16(19)18-11-14-6-8-15(9-7-14)17(20)13(3)4;/h6-9,12-13H,5,10-11H2,1-4H3,(H,18,19);1H. The van der Waals surface area contributed by atoms with Gasteiger partial charge < -0.3 is 5.32 Å². The average Bonchev–Trinajstić information content (AvgIpc) is 2.42. The third-order valence-corrected chi connectivity index (χ3v) is 3.20. The molecule has 0 atom stereocenters. The summed E-state index contributed by atoms with van der Waals surface area (Å²) in [5.74, 6) is 0.789. The summed E-state index contributed by atoms with van der Waals surface area (Å²) in [4.78, 5) is 23.4. The first-order valence-electron chi connectivity index (χ1n) is 7.30. The van der Waals surface area contributed by atoms with E-state index in [4.69, 9.17) is 0 Å². The summed E-state index contributed by atoms with van der Waals surface area (Å²) in [7, 11) is 0. The number of rotatable bonds is 7. The zero-order chi connectivity index (χ0) is 15.1. The van der Waals surface area contributed by atoms with Crippen LogP contribution >= 0.6 is 0 Å². The number of carbonyl (C=O) groups is 2. The molecule has 3 heteroatoms. The molecule has 1 aromatic carbocycles. The molecule has 0 saturated heterocycles. The molecule has 1 N–H and O–H groups in total. The van der Waals surface area contributed by atoms with E-state index in [1.165, 1.54) is 0 Å². The largest absolute Gasteiger partial charge is 0.352 e. The van der Waals surface area contributed by atoms with Crippen LogP contribution in [0, 0.1) is 11.8 Å². The normalized spacial score (nSPS) is 10.9. The number of ketones is 1. The fourth-order valence-electron chi connectivity index (χ4n) is 1.83. The summed E-state index contributed by atoms with van der Waals surface area (Å²) in [5.41, 5.74) is 1.75. The first-order chi connectivity index (χ1) is 9.40. The summed E-state index contributed by atoms with van der Waals surface area (Å²) in [6, 6.07) is 7.46. The van der Waals surface area contributed by atoms with E-state index in [0.29, 0.717) is 18.9 Å². The second kappa shape index (κ2) is 7.83. The van der Waals surface area contributed by atoms with Crippen molar-refractivity contribution in [2.24, 2.45) is 11.8 Å². The van der Waals surface area contributed by atoms with Crippen LogP contribution in [0.5, 0.6) is 0 Å². The maximum Gasteiger partial charge on any atom is 0.220 e. The molecule has 0 aromatic heterocycles. The molecule has 0 heterocycles. The average molecular weight is 277 g/mol. The lowest BCUT2D eigenvalue weighted by molar-refractivity contribution is -0.121. The Labute approximate surface area is 123 Å². The zero-order valence-electron chi connectivity index (χ0n) is 12.9. The number of benzene rings is 1. The van der Waals surface area contributed by atoms with E-state index in [1.54, 1.807) is 0 Å². The van der Waals surface area contributed by atoms with Gasteiger partial charge in [-0.1, -0.05) is 52.0 Å². The molecular weight excluding hydrogens is 250 g/mol. The van der Waals surface area contributed by atoms with Gasteiger partial charge in [-0.3, -0.25) is 9.59 Å². The molecule has 20 heavy (non-hydrogen) atoms. The molecule has 0 bridgehead atoms. The molecule has 1 rings (SSSR count). The van der Waals surface area contributed by atoms with Crippen molar-refractivity contribution in [1.82, 2.24) is 5.32 Å². The third-order valence-electron chi connectivity index (χ3n) is 3.20. The second-order valence-corrected chi connectivity index (χ2v) is 5.93. The molecule has 0 aliphatic heterocycles. The van der Waals surface area contributed by atoms with Crippen molar-refractivity contribution in [3.05, 3.63) is 35.4 Å². The van der Waals surface area contributed by atoms with Crippen LogP contribution in [0.25, 0.3) is 0 Å². The zero-order valence-corrected chi connectivity index (χ0v) is 12.9. The summed E-state index contributed by atoms with van der Waals surface area (Å²) in [6.45, 7) is 8.53. The van der Waals surface area contributed by atoms with Crippen LogP contribution in [-0.2, 0) is 11.3 Å². The maximum absolute atomic E-state index is 11.8. The molecule has 0 radical (unpaired) electrons. The lowest BCUT2D eigenvalue weighted by atomic mass is 10.00. The van der Waals surface area contributed by atoms with Crippen LogP contribution in [0.2, 0.25) is 0 Å². The second-order valence-electron chi connectivity index (χ2n) is 5.93. The summed E-state index contributed by atoms with van der Waals surface area (Å²) in [6.07, 6.45) is 1.48. The number of carbonyl (C=O) groups excluding carboxylic acids is 2. The highest BCUT2D eigenvalue weighted by Gasteiger charge is 2.10. The van der Waals surface area contributed by atoms with E-state index in [9.17, 15) is 9.59 Å². The van der Waals surface area contributed by atoms with Crippen LogP contribution in [0.4, 0.5) is 0 Å². The van der Waals surface area contributed by atoms with Crippen LogP contribution in [0.3, 0.4) is 0 Å². The summed E-state index contributed by atoms with van der Waals surface area (Å²) in [5, 5.41) is 2.90. The number of hydrogen-bond acceptors (Lipinski definition) is 2. The van der Waals surface area contributed by atoms with Gasteiger partial charge in [-0.2, -0.15) is 0 Å². The van der Waals surface area contributed by atoms with Crippen molar-refractivity contribution in [3.8, 4) is 0 Å². The molecule has 1 amide bonds. The van der Waals surface area contributed by atoms with Gasteiger partial charge in [0.2, 0.25) is 5.91 Å². The summed E-state index contributed by atoms with van der Waals surface area (Å²) < 4.78 is 0. The highest BCUT2D eigenvalue weighted by Crippen LogP contribution is 2.10. The monoisotopic (exact) mass is 277 g/mol. The van der Waals surface area contributed by atoms with E-state index < -0.39 is 0 Å². The van der Waals surface area contributed by atoms with Gasteiger partial charge in [0.25, 0.3) is 0 Å². The molecule has 0 aliphatic carbocycles. The highest BCUT2D eigenvalue weighted by atomic mass is 16.1. The lowest BCUT2D eigenvalue weighted by Crippen LogP contribution is -2.22. The van der Waals surface area contributed by atoms with E-state index in [0.717, 1.165) is 17.5 Å². The Kier molecular flexibility index (Phi) is 6.43. The number of nitrogens with one attached hydrogen (secondary N) is 1. The fourth-order valence-corrected chi connectivity index (χ4v) is 1.83. The fraction of sp³-hybridized carbons (Fsp3) is 0.529. The van der Waals surface area contributed by atoms with Gasteiger partial charge in [-0.25, -0.2) is 0 Å². The lowest BCUT2D eigenvalue weighted by Gasteiger charge is -2.08. The molecule has 0 unspecified atom stereocenters. The maximum atomic E-state index is 11.8. The third kappa shape index (κ3) is 5.55. The van der Waals surface area contributed by atoms with Crippen LogP contribution in [0.1, 0.15) is 57.9 Å². The minimum absolute atomic E-state index is 0. The van der Waals surface area contributed by atoms with E-state index in [1.807, 2.05) is 38.1 Å². The van der Waals surface area contributed by atoms with E-state index in [-0.39, 0.29) is 19.0 Å². The smallest absolute Gasteiger partial charge is 0.220 e. The van der Waals surface area contributed by atoms with Gasteiger partial charge in [0, 0.05) is 25.9 Å². The van der Waals surface area contributed by atoms with Crippen molar-refractivity contribution >= 4 is 11.7 Å².